The van der Waals surface area contributed by atoms with Crippen LogP contribution < -0.4 is 16.4 Å². The maximum absolute atomic E-state index is 12.7. The van der Waals surface area contributed by atoms with E-state index in [9.17, 15) is 14.7 Å². The lowest BCUT2D eigenvalue weighted by Crippen LogP contribution is -2.31. The number of unbranched alkanes of at least 4 members (excludes halogenated alkanes) is 2. The quantitative estimate of drug-likeness (QED) is 0.0454. The molecule has 5 aromatic rings. The van der Waals surface area contributed by atoms with Crippen LogP contribution in [-0.4, -0.2) is 28.8 Å². The van der Waals surface area contributed by atoms with E-state index in [1.165, 1.54) is 4.90 Å². The van der Waals surface area contributed by atoms with Crippen LogP contribution in [0.25, 0.3) is 11.1 Å². The van der Waals surface area contributed by atoms with Crippen LogP contribution in [0.1, 0.15) is 73.2 Å². The highest BCUT2D eigenvalue weighted by atomic mass is 32.2. The van der Waals surface area contributed by atoms with E-state index in [-0.39, 0.29) is 30.6 Å². The second-order valence-electron chi connectivity index (χ2n) is 13.2. The summed E-state index contributed by atoms with van der Waals surface area (Å²) in [5.41, 5.74) is 13.1. The maximum atomic E-state index is 12.7. The summed E-state index contributed by atoms with van der Waals surface area (Å²) < 4.78 is 13.1. The van der Waals surface area contributed by atoms with E-state index < -0.39 is 6.29 Å². The van der Waals surface area contributed by atoms with Crippen molar-refractivity contribution in [3.8, 4) is 11.1 Å². The van der Waals surface area contributed by atoms with Gasteiger partial charge in [0.05, 0.1) is 30.2 Å². The Morgan fingerprint density at radius 3 is 2.17 bits per heavy atom. The topological polar surface area (TPSA) is 123 Å². The maximum Gasteiger partial charge on any atom is 0.224 e. The Balaban J connectivity index is 1.02. The lowest BCUT2D eigenvalue weighted by atomic mass is 9.97. The van der Waals surface area contributed by atoms with E-state index in [1.807, 2.05) is 72.8 Å². The normalized spacial score (nSPS) is 16.9. The Hall–Kier alpha value is -4.93. The van der Waals surface area contributed by atoms with Gasteiger partial charge in [-0.15, -0.1) is 11.8 Å². The first-order valence-electron chi connectivity index (χ1n) is 18.2. The van der Waals surface area contributed by atoms with Crippen LogP contribution in [-0.2, 0) is 32.2 Å². The number of aliphatic hydroxyl groups is 1. The smallest absolute Gasteiger partial charge is 0.224 e. The number of aliphatic hydroxyl groups excluding tert-OH is 1. The molecule has 0 aromatic heterocycles. The molecule has 0 unspecified atom stereocenters. The zero-order valence-corrected chi connectivity index (χ0v) is 30.6. The van der Waals surface area contributed by atoms with Crippen LogP contribution in [0.5, 0.6) is 0 Å². The molecule has 1 aliphatic heterocycles. The Bertz CT molecular complexity index is 1920. The largest absolute Gasteiger partial charge is 0.397 e. The number of carbonyl (C=O) groups excluding carboxylic acids is 2. The van der Waals surface area contributed by atoms with E-state index in [4.69, 9.17) is 15.2 Å². The number of anilines is 2. The van der Waals surface area contributed by atoms with Gasteiger partial charge in [0.25, 0.3) is 0 Å². The number of hydrogen-bond acceptors (Lipinski definition) is 7. The van der Waals surface area contributed by atoms with E-state index in [2.05, 4.69) is 53.1 Å². The highest BCUT2D eigenvalue weighted by Gasteiger charge is 2.32. The van der Waals surface area contributed by atoms with E-state index in [0.717, 1.165) is 52.0 Å². The molecule has 1 fully saturated rings. The van der Waals surface area contributed by atoms with Gasteiger partial charge in [0.2, 0.25) is 11.8 Å². The van der Waals surface area contributed by atoms with Crippen molar-refractivity contribution >= 4 is 35.0 Å². The molecular weight excluding hydrogens is 683 g/mol. The number of carbonyl (C=O) groups is 2. The van der Waals surface area contributed by atoms with Gasteiger partial charge in [0, 0.05) is 42.0 Å². The summed E-state index contributed by atoms with van der Waals surface area (Å²) in [4.78, 5) is 26.2. The molecule has 5 N–H and O–H groups in total. The number of rotatable bonds is 16. The second-order valence-corrected chi connectivity index (χ2v) is 14.3. The van der Waals surface area contributed by atoms with Crippen molar-refractivity contribution in [3.05, 3.63) is 150 Å². The second kappa shape index (κ2) is 19.2. The molecular formula is C44H47N3O5S. The van der Waals surface area contributed by atoms with Crippen LogP contribution in [0.2, 0.25) is 0 Å². The summed E-state index contributed by atoms with van der Waals surface area (Å²) >= 11 is 1.78. The number of nitrogen functional groups attached to an aromatic ring is 1. The van der Waals surface area contributed by atoms with Crippen molar-refractivity contribution in [3.63, 3.8) is 0 Å². The number of ether oxygens (including phenoxy) is 2. The fraction of sp³-hybridized carbons (Fsp3) is 0.273. The Morgan fingerprint density at radius 1 is 0.736 bits per heavy atom. The molecule has 0 bridgehead atoms. The number of thioether (sulfide) groups is 1. The third-order valence-electron chi connectivity index (χ3n) is 9.32. The SMILES string of the molecule is Nc1ccccc1NC(=O)CCCCCC(=O)NCc1ccccc1-c1ccc([C@H]2O[C@@H](CSc3ccccc3)C[C@@H](c3ccc(CO)cc3)O2)cc1. The minimum absolute atomic E-state index is 0.00525. The first kappa shape index (κ1) is 37.8. The number of nitrogens with two attached hydrogens (primary N) is 1. The van der Waals surface area contributed by atoms with Crippen LogP contribution in [0.3, 0.4) is 0 Å². The van der Waals surface area contributed by atoms with Gasteiger partial charge in [0.1, 0.15) is 0 Å². The minimum Gasteiger partial charge on any atom is -0.397 e. The van der Waals surface area contributed by atoms with Gasteiger partial charge in [-0.2, -0.15) is 0 Å². The Labute approximate surface area is 316 Å². The van der Waals surface area contributed by atoms with Crippen LogP contribution in [0.4, 0.5) is 11.4 Å². The van der Waals surface area contributed by atoms with Crippen molar-refractivity contribution in [2.75, 3.05) is 16.8 Å². The van der Waals surface area contributed by atoms with Gasteiger partial charge in [-0.25, -0.2) is 0 Å². The average Bonchev–Trinajstić information content (AvgIpc) is 3.20. The van der Waals surface area contributed by atoms with Crippen molar-refractivity contribution in [1.29, 1.82) is 0 Å². The molecule has 0 aliphatic carbocycles. The molecule has 3 atom stereocenters. The molecule has 5 aromatic carbocycles. The van der Waals surface area contributed by atoms with Crippen molar-refractivity contribution in [1.82, 2.24) is 5.32 Å². The van der Waals surface area contributed by atoms with E-state index in [0.29, 0.717) is 43.6 Å². The third-order valence-corrected chi connectivity index (χ3v) is 10.5. The van der Waals surface area contributed by atoms with Gasteiger partial charge in [0.15, 0.2) is 6.29 Å². The van der Waals surface area contributed by atoms with E-state index in [1.54, 1.807) is 23.9 Å². The molecule has 274 valence electrons. The fourth-order valence-corrected chi connectivity index (χ4v) is 7.30. The fourth-order valence-electron chi connectivity index (χ4n) is 6.36. The number of benzene rings is 5. The van der Waals surface area contributed by atoms with Crippen molar-refractivity contribution in [2.45, 2.75) is 75.1 Å². The first-order valence-corrected chi connectivity index (χ1v) is 19.2. The summed E-state index contributed by atoms with van der Waals surface area (Å²) in [6.07, 6.45) is 3.01. The first-order chi connectivity index (χ1) is 25.9. The molecule has 1 saturated heterocycles. The number of hydrogen-bond donors (Lipinski definition) is 4. The van der Waals surface area contributed by atoms with Gasteiger partial charge in [-0.1, -0.05) is 110 Å². The number of para-hydroxylation sites is 2. The number of amides is 2. The summed E-state index contributed by atoms with van der Waals surface area (Å²) in [5, 5.41) is 15.5. The monoisotopic (exact) mass is 729 g/mol. The summed E-state index contributed by atoms with van der Waals surface area (Å²) in [6.45, 7) is 0.426. The van der Waals surface area contributed by atoms with Gasteiger partial charge in [-0.3, -0.25) is 9.59 Å². The lowest BCUT2D eigenvalue weighted by molar-refractivity contribution is -0.245. The molecule has 2 amide bonds. The Morgan fingerprint density at radius 2 is 1.42 bits per heavy atom. The zero-order valence-electron chi connectivity index (χ0n) is 29.8. The molecule has 8 nitrogen and oxygen atoms in total. The van der Waals surface area contributed by atoms with Crippen LogP contribution in [0, 0.1) is 0 Å². The molecule has 0 radical (unpaired) electrons. The van der Waals surface area contributed by atoms with Crippen LogP contribution in [0.15, 0.2) is 132 Å². The summed E-state index contributed by atoms with van der Waals surface area (Å²) in [7, 11) is 0. The van der Waals surface area contributed by atoms with Gasteiger partial charge in [-0.05, 0) is 64.9 Å². The van der Waals surface area contributed by atoms with Crippen LogP contribution >= 0.6 is 11.8 Å². The van der Waals surface area contributed by atoms with Crippen molar-refractivity contribution in [2.24, 2.45) is 0 Å². The average molecular weight is 730 g/mol. The molecule has 6 rings (SSSR count). The lowest BCUT2D eigenvalue weighted by Gasteiger charge is -2.36. The predicted octanol–water partition coefficient (Wildman–Crippen LogP) is 8.97. The van der Waals surface area contributed by atoms with Crippen molar-refractivity contribution < 1.29 is 24.2 Å². The van der Waals surface area contributed by atoms with Gasteiger partial charge >= 0.3 is 0 Å². The predicted molar refractivity (Wildman–Crippen MR) is 212 cm³/mol. The Kier molecular flexibility index (Phi) is 13.7. The molecule has 53 heavy (non-hydrogen) atoms. The highest BCUT2D eigenvalue weighted by Crippen LogP contribution is 2.40. The summed E-state index contributed by atoms with van der Waals surface area (Å²) in [6, 6.07) is 41.9. The highest BCUT2D eigenvalue weighted by molar-refractivity contribution is 7.99. The standard InChI is InChI=1S/C44H47N3O5S/c45-39-15-9-10-16-40(39)47-43(50)18-6-2-5-17-42(49)46-28-35-11-7-8-14-38(35)32-23-25-34(26-24-32)44-51-36(30-53-37-12-3-1-4-13-37)27-41(52-44)33-21-19-31(29-48)20-22-33/h1,3-4,7-16,19-26,36,41,44,48H,2,5-6,17-18,27-30,45H2,(H,46,49)(H,47,50)/t36-,41+,44+/m1/s1. The molecule has 1 heterocycles. The minimum atomic E-state index is -0.534. The summed E-state index contributed by atoms with van der Waals surface area (Å²) in [5.74, 6) is 0.713. The molecule has 0 spiro atoms. The molecule has 9 heteroatoms. The number of nitrogens with one attached hydrogen (secondary N) is 2. The molecule has 1 aliphatic rings. The van der Waals surface area contributed by atoms with E-state index >= 15 is 0 Å². The third kappa shape index (κ3) is 11.0. The van der Waals surface area contributed by atoms with Gasteiger partial charge < -0.3 is 30.9 Å². The zero-order chi connectivity index (χ0) is 36.8. The molecule has 0 saturated carbocycles.